The molecule has 0 spiro atoms. The third-order valence-corrected chi connectivity index (χ3v) is 4.23. The van der Waals surface area contributed by atoms with Gasteiger partial charge in [0.25, 0.3) is 0 Å². The zero-order chi connectivity index (χ0) is 20.4. The van der Waals surface area contributed by atoms with E-state index in [2.05, 4.69) is 10.6 Å². The van der Waals surface area contributed by atoms with Gasteiger partial charge in [0.05, 0.1) is 12.0 Å². The van der Waals surface area contributed by atoms with Crippen LogP contribution < -0.4 is 16.3 Å². The Hall–Kier alpha value is -3.81. The van der Waals surface area contributed by atoms with Gasteiger partial charge in [-0.2, -0.15) is 0 Å². The highest BCUT2D eigenvalue weighted by Crippen LogP contribution is 2.34. The van der Waals surface area contributed by atoms with Gasteiger partial charge in [-0.25, -0.2) is 4.79 Å². The molecule has 0 aliphatic rings. The Morgan fingerprint density at radius 1 is 1.00 bits per heavy atom. The molecule has 0 radical (unpaired) electrons. The average Bonchev–Trinajstić information content (AvgIpc) is 2.63. The van der Waals surface area contributed by atoms with Gasteiger partial charge in [-0.1, -0.05) is 0 Å². The number of phenolic OH excluding ortho intramolecular Hbond substituents is 2. The van der Waals surface area contributed by atoms with E-state index in [1.807, 2.05) is 0 Å². The fourth-order valence-electron chi connectivity index (χ4n) is 2.84. The number of rotatable bonds is 4. The molecule has 8 nitrogen and oxygen atoms in total. The summed E-state index contributed by atoms with van der Waals surface area (Å²) >= 11 is 0. The molecule has 0 fully saturated rings. The maximum Gasteiger partial charge on any atom is 0.340 e. The van der Waals surface area contributed by atoms with Crippen LogP contribution in [0.25, 0.3) is 11.0 Å². The summed E-state index contributed by atoms with van der Waals surface area (Å²) in [6.07, 6.45) is -0.223. The maximum absolute atomic E-state index is 12.4. The molecule has 0 aliphatic carbocycles. The number of carbonyl (C=O) groups excluding carboxylic acids is 2. The van der Waals surface area contributed by atoms with E-state index in [-0.39, 0.29) is 23.5 Å². The van der Waals surface area contributed by atoms with Crippen LogP contribution in [0.3, 0.4) is 0 Å². The first kappa shape index (κ1) is 19.0. The summed E-state index contributed by atoms with van der Waals surface area (Å²) in [5.74, 6) is -1.55. The lowest BCUT2D eigenvalue weighted by Gasteiger charge is -2.10. The van der Waals surface area contributed by atoms with Crippen LogP contribution in [0, 0.1) is 6.92 Å². The van der Waals surface area contributed by atoms with Crippen molar-refractivity contribution in [3.05, 3.63) is 57.9 Å². The summed E-state index contributed by atoms with van der Waals surface area (Å²) in [5, 5.41) is 25.1. The number of aryl methyl sites for hydroxylation is 1. The molecule has 3 rings (SSSR count). The lowest BCUT2D eigenvalue weighted by atomic mass is 10.0. The summed E-state index contributed by atoms with van der Waals surface area (Å²) in [6, 6.07) is 9.32. The van der Waals surface area contributed by atoms with Crippen LogP contribution in [0.5, 0.6) is 11.5 Å². The topological polar surface area (TPSA) is 129 Å². The van der Waals surface area contributed by atoms with Crippen molar-refractivity contribution in [1.29, 1.82) is 0 Å². The molecule has 8 heteroatoms. The predicted octanol–water partition coefficient (Wildman–Crippen LogP) is 2.65. The molecule has 3 aromatic rings. The molecule has 0 saturated heterocycles. The van der Waals surface area contributed by atoms with Crippen molar-refractivity contribution in [2.75, 3.05) is 10.6 Å². The van der Waals surface area contributed by atoms with Gasteiger partial charge in [-0.3, -0.25) is 9.59 Å². The van der Waals surface area contributed by atoms with E-state index in [0.29, 0.717) is 22.3 Å². The number of benzene rings is 2. The van der Waals surface area contributed by atoms with Gasteiger partial charge < -0.3 is 25.3 Å². The Balaban J connectivity index is 1.82. The van der Waals surface area contributed by atoms with E-state index in [9.17, 15) is 24.6 Å². The maximum atomic E-state index is 12.4. The number of aromatic hydroxyl groups is 2. The highest BCUT2D eigenvalue weighted by molar-refractivity contribution is 5.95. The Morgan fingerprint density at radius 2 is 1.61 bits per heavy atom. The number of carbonyl (C=O) groups is 2. The number of hydrogen-bond donors (Lipinski definition) is 4. The van der Waals surface area contributed by atoms with Gasteiger partial charge >= 0.3 is 5.63 Å². The Morgan fingerprint density at radius 3 is 2.21 bits per heavy atom. The summed E-state index contributed by atoms with van der Waals surface area (Å²) in [5.41, 5.74) is 0.856. The highest BCUT2D eigenvalue weighted by Gasteiger charge is 2.18. The standard InChI is InChI=1S/C20H18N2O6/c1-10-14-7-8-16(24)18(26)19(14)28-20(27)15(10)9-17(25)22-13-5-3-12(4-6-13)21-11(2)23/h3-8,24,26H,9H2,1-2H3,(H,21,23)(H,22,25). The zero-order valence-electron chi connectivity index (χ0n) is 15.2. The molecule has 0 atom stereocenters. The van der Waals surface area contributed by atoms with E-state index in [4.69, 9.17) is 4.42 Å². The van der Waals surface area contributed by atoms with Crippen molar-refractivity contribution < 1.29 is 24.2 Å². The number of amides is 2. The van der Waals surface area contributed by atoms with Crippen molar-refractivity contribution >= 4 is 34.2 Å². The number of hydrogen-bond acceptors (Lipinski definition) is 6. The van der Waals surface area contributed by atoms with Crippen LogP contribution in [-0.4, -0.2) is 22.0 Å². The van der Waals surface area contributed by atoms with Crippen LogP contribution in [0.15, 0.2) is 45.6 Å². The average molecular weight is 382 g/mol. The second kappa shape index (κ2) is 7.43. The van der Waals surface area contributed by atoms with Crippen molar-refractivity contribution in [1.82, 2.24) is 0 Å². The molecule has 0 aliphatic heterocycles. The third kappa shape index (κ3) is 3.80. The smallest absolute Gasteiger partial charge is 0.340 e. The molecule has 144 valence electrons. The monoisotopic (exact) mass is 382 g/mol. The molecule has 1 heterocycles. The van der Waals surface area contributed by atoms with Gasteiger partial charge in [-0.15, -0.1) is 0 Å². The van der Waals surface area contributed by atoms with Crippen molar-refractivity contribution in [2.24, 2.45) is 0 Å². The van der Waals surface area contributed by atoms with Crippen LogP contribution in [0.4, 0.5) is 11.4 Å². The first-order valence-electron chi connectivity index (χ1n) is 8.41. The van der Waals surface area contributed by atoms with Crippen molar-refractivity contribution in [3.8, 4) is 11.5 Å². The minimum Gasteiger partial charge on any atom is -0.504 e. The van der Waals surface area contributed by atoms with Gasteiger partial charge in [0, 0.05) is 23.7 Å². The van der Waals surface area contributed by atoms with Crippen LogP contribution >= 0.6 is 0 Å². The third-order valence-electron chi connectivity index (χ3n) is 4.23. The molecule has 2 amide bonds. The first-order chi connectivity index (χ1) is 13.3. The van der Waals surface area contributed by atoms with E-state index >= 15 is 0 Å². The number of fused-ring (bicyclic) bond motifs is 1. The molecular formula is C20H18N2O6. The lowest BCUT2D eigenvalue weighted by molar-refractivity contribution is -0.116. The molecular weight excluding hydrogens is 364 g/mol. The number of anilines is 2. The second-order valence-electron chi connectivity index (χ2n) is 6.29. The fourth-order valence-corrected chi connectivity index (χ4v) is 2.84. The molecule has 1 aromatic heterocycles. The Bertz CT molecular complexity index is 1130. The Labute approximate surface area is 159 Å². The quantitative estimate of drug-likeness (QED) is 0.406. The van der Waals surface area contributed by atoms with E-state index in [1.54, 1.807) is 31.2 Å². The number of phenols is 2. The highest BCUT2D eigenvalue weighted by atomic mass is 16.4. The molecule has 0 bridgehead atoms. The molecule has 0 unspecified atom stereocenters. The number of nitrogens with one attached hydrogen (secondary N) is 2. The van der Waals surface area contributed by atoms with E-state index in [0.717, 1.165) is 0 Å². The fraction of sp³-hybridized carbons (Fsp3) is 0.150. The van der Waals surface area contributed by atoms with Crippen LogP contribution in [-0.2, 0) is 16.0 Å². The largest absolute Gasteiger partial charge is 0.504 e. The van der Waals surface area contributed by atoms with E-state index in [1.165, 1.54) is 19.1 Å². The molecule has 28 heavy (non-hydrogen) atoms. The normalized spacial score (nSPS) is 10.6. The minimum atomic E-state index is -0.762. The summed E-state index contributed by atoms with van der Waals surface area (Å²) in [4.78, 5) is 35.7. The van der Waals surface area contributed by atoms with Gasteiger partial charge in [0.2, 0.25) is 17.6 Å². The molecule has 2 aromatic carbocycles. The SMILES string of the molecule is CC(=O)Nc1ccc(NC(=O)Cc2c(C)c3ccc(O)c(O)c3oc2=O)cc1. The lowest BCUT2D eigenvalue weighted by Crippen LogP contribution is -2.20. The van der Waals surface area contributed by atoms with Crippen LogP contribution in [0.1, 0.15) is 18.1 Å². The Kier molecular flexibility index (Phi) is 5.04. The second-order valence-corrected chi connectivity index (χ2v) is 6.29. The van der Waals surface area contributed by atoms with Crippen molar-refractivity contribution in [3.63, 3.8) is 0 Å². The summed E-state index contributed by atoms with van der Waals surface area (Å²) in [7, 11) is 0. The zero-order valence-corrected chi connectivity index (χ0v) is 15.2. The molecule has 0 saturated carbocycles. The van der Waals surface area contributed by atoms with E-state index < -0.39 is 23.0 Å². The van der Waals surface area contributed by atoms with Gasteiger partial charge in [0.1, 0.15) is 0 Å². The van der Waals surface area contributed by atoms with Crippen molar-refractivity contribution in [2.45, 2.75) is 20.3 Å². The van der Waals surface area contributed by atoms with Gasteiger partial charge in [0.15, 0.2) is 11.3 Å². The summed E-state index contributed by atoms with van der Waals surface area (Å²) < 4.78 is 5.10. The molecule has 4 N–H and O–H groups in total. The summed E-state index contributed by atoms with van der Waals surface area (Å²) in [6.45, 7) is 3.04. The first-order valence-corrected chi connectivity index (χ1v) is 8.41. The van der Waals surface area contributed by atoms with Crippen LogP contribution in [0.2, 0.25) is 0 Å². The predicted molar refractivity (Wildman–Crippen MR) is 104 cm³/mol. The van der Waals surface area contributed by atoms with Gasteiger partial charge in [-0.05, 0) is 48.9 Å². The minimum absolute atomic E-state index is 0.125.